The largest absolute Gasteiger partial charge is 0.393 e. The van der Waals surface area contributed by atoms with Crippen LogP contribution in [-0.4, -0.2) is 37.0 Å². The van der Waals surface area contributed by atoms with E-state index >= 15 is 0 Å². The van der Waals surface area contributed by atoms with Crippen molar-refractivity contribution >= 4 is 20.9 Å². The Morgan fingerprint density at radius 2 is 2.04 bits per heavy atom. The summed E-state index contributed by atoms with van der Waals surface area (Å²) in [7, 11) is -4.02. The van der Waals surface area contributed by atoms with Crippen LogP contribution in [0.5, 0.6) is 0 Å². The summed E-state index contributed by atoms with van der Waals surface area (Å²) in [6.07, 6.45) is -2.68. The third-order valence-corrected chi connectivity index (χ3v) is 6.17. The Morgan fingerprint density at radius 3 is 2.75 bits per heavy atom. The van der Waals surface area contributed by atoms with Gasteiger partial charge in [-0.25, -0.2) is 8.42 Å². The molecule has 2 aromatic rings. The molecule has 24 heavy (non-hydrogen) atoms. The molecule has 1 saturated heterocycles. The third-order valence-electron chi connectivity index (χ3n) is 4.28. The summed E-state index contributed by atoms with van der Waals surface area (Å²) in [6.45, 7) is 1.40. The maximum absolute atomic E-state index is 13.0. The molecule has 1 aliphatic rings. The van der Waals surface area contributed by atoms with Crippen LogP contribution >= 0.6 is 0 Å². The highest BCUT2D eigenvalue weighted by atomic mass is 32.2. The summed E-state index contributed by atoms with van der Waals surface area (Å²) in [5.41, 5.74) is 1.17. The van der Waals surface area contributed by atoms with E-state index in [0.717, 1.165) is 9.87 Å². The molecule has 0 bridgehead atoms. The van der Waals surface area contributed by atoms with E-state index in [-0.39, 0.29) is 29.8 Å². The number of aryl methyl sites for hydroxylation is 1. The van der Waals surface area contributed by atoms with Gasteiger partial charge < -0.3 is 0 Å². The zero-order valence-corrected chi connectivity index (χ0v) is 13.9. The second kappa shape index (κ2) is 6.00. The number of nitrogens with zero attached hydrogens (tertiary/aromatic N) is 2. The molecule has 0 N–H and O–H groups in total. The average molecular weight is 358 g/mol. The predicted molar refractivity (Wildman–Crippen MR) is 84.0 cm³/mol. The molecule has 8 heteroatoms. The summed E-state index contributed by atoms with van der Waals surface area (Å²) < 4.78 is 65.6. The van der Waals surface area contributed by atoms with E-state index in [2.05, 4.69) is 4.98 Å². The number of rotatable bonds is 2. The molecule has 1 fully saturated rings. The number of fused-ring (bicyclic) bond motifs is 1. The molecule has 0 amide bonds. The summed E-state index contributed by atoms with van der Waals surface area (Å²) in [5.74, 6) is -1.62. The van der Waals surface area contributed by atoms with Crippen molar-refractivity contribution in [3.63, 3.8) is 0 Å². The predicted octanol–water partition coefficient (Wildman–Crippen LogP) is 3.51. The number of para-hydroxylation sites is 1. The number of sulfonamides is 1. The first-order valence-electron chi connectivity index (χ1n) is 7.62. The Morgan fingerprint density at radius 1 is 1.29 bits per heavy atom. The molecule has 4 nitrogen and oxygen atoms in total. The Balaban J connectivity index is 2.02. The van der Waals surface area contributed by atoms with Crippen LogP contribution in [0.3, 0.4) is 0 Å². The highest BCUT2D eigenvalue weighted by molar-refractivity contribution is 7.89. The standard InChI is InChI=1S/C16H17F3N2O2S/c1-11-8-12-4-2-6-14(15(12)20-9-11)24(22,23)21-7-3-5-13(10-21)16(17,18)19/h2,4,6,8-9,13H,3,5,7,10H2,1H3/t13-/m0/s1. The zero-order chi connectivity index (χ0) is 17.5. The normalized spacial score (nSPS) is 20.4. The molecule has 130 valence electrons. The SMILES string of the molecule is Cc1cnc2c(S(=O)(=O)N3CCC[C@H](C(F)(F)F)C3)cccc2c1. The molecule has 2 heterocycles. The lowest BCUT2D eigenvalue weighted by atomic mass is 9.99. The smallest absolute Gasteiger partial charge is 0.255 e. The van der Waals surface area contributed by atoms with Gasteiger partial charge in [-0.3, -0.25) is 4.98 Å². The lowest BCUT2D eigenvalue weighted by Gasteiger charge is -2.33. The highest BCUT2D eigenvalue weighted by Crippen LogP contribution is 2.35. The van der Waals surface area contributed by atoms with Crippen LogP contribution in [0.2, 0.25) is 0 Å². The number of alkyl halides is 3. The van der Waals surface area contributed by atoms with Crippen LogP contribution in [0.25, 0.3) is 10.9 Å². The molecule has 1 aliphatic heterocycles. The molecule has 1 aromatic heterocycles. The van der Waals surface area contributed by atoms with Gasteiger partial charge in [-0.2, -0.15) is 17.5 Å². The minimum atomic E-state index is -4.39. The number of pyridine rings is 1. The van der Waals surface area contributed by atoms with Gasteiger partial charge in [0.25, 0.3) is 0 Å². The monoisotopic (exact) mass is 358 g/mol. The fraction of sp³-hybridized carbons (Fsp3) is 0.438. The van der Waals surface area contributed by atoms with E-state index in [4.69, 9.17) is 0 Å². The summed E-state index contributed by atoms with van der Waals surface area (Å²) in [5, 5.41) is 0.653. The van der Waals surface area contributed by atoms with Crippen molar-refractivity contribution < 1.29 is 21.6 Å². The van der Waals surface area contributed by atoms with Gasteiger partial charge in [-0.15, -0.1) is 0 Å². The molecular formula is C16H17F3N2O2S. The van der Waals surface area contributed by atoms with Gasteiger partial charge >= 0.3 is 6.18 Å². The number of piperidine rings is 1. The fourth-order valence-corrected chi connectivity index (χ4v) is 4.71. The number of hydrogen-bond donors (Lipinski definition) is 0. The fourth-order valence-electron chi connectivity index (χ4n) is 3.02. The van der Waals surface area contributed by atoms with Crippen molar-refractivity contribution in [2.75, 3.05) is 13.1 Å². The number of aromatic nitrogens is 1. The molecule has 0 unspecified atom stereocenters. The van der Waals surface area contributed by atoms with Gasteiger partial charge in [0.1, 0.15) is 4.90 Å². The topological polar surface area (TPSA) is 50.3 Å². The number of benzene rings is 1. The molecule has 0 spiro atoms. The van der Waals surface area contributed by atoms with Gasteiger partial charge in [-0.05, 0) is 37.5 Å². The van der Waals surface area contributed by atoms with Gasteiger partial charge in [0, 0.05) is 24.7 Å². The second-order valence-corrected chi connectivity index (χ2v) is 7.99. The molecule has 1 atom stereocenters. The summed E-state index contributed by atoms with van der Waals surface area (Å²) in [6, 6.07) is 6.53. The van der Waals surface area contributed by atoms with E-state index in [1.165, 1.54) is 6.07 Å². The lowest BCUT2D eigenvalue weighted by Crippen LogP contribution is -2.44. The Hall–Kier alpha value is -1.67. The first-order valence-corrected chi connectivity index (χ1v) is 9.06. The molecule has 1 aromatic carbocycles. The second-order valence-electron chi connectivity index (χ2n) is 6.08. The van der Waals surface area contributed by atoms with Crippen LogP contribution in [0, 0.1) is 12.8 Å². The Bertz CT molecular complexity index is 865. The Kier molecular flexibility index (Phi) is 4.29. The molecular weight excluding hydrogens is 341 g/mol. The van der Waals surface area contributed by atoms with Crippen LogP contribution in [0.15, 0.2) is 35.4 Å². The van der Waals surface area contributed by atoms with Crippen molar-refractivity contribution in [1.29, 1.82) is 0 Å². The van der Waals surface area contributed by atoms with Crippen molar-refractivity contribution in [2.24, 2.45) is 5.92 Å². The maximum atomic E-state index is 13.0. The average Bonchev–Trinajstić information content (AvgIpc) is 2.53. The lowest BCUT2D eigenvalue weighted by molar-refractivity contribution is -0.182. The first kappa shape index (κ1) is 17.2. The van der Waals surface area contributed by atoms with E-state index < -0.39 is 28.7 Å². The Labute approximate surface area is 138 Å². The number of halogens is 3. The quantitative estimate of drug-likeness (QED) is 0.826. The van der Waals surface area contributed by atoms with E-state index in [1.807, 2.05) is 6.92 Å². The van der Waals surface area contributed by atoms with E-state index in [0.29, 0.717) is 5.39 Å². The third kappa shape index (κ3) is 3.12. The zero-order valence-electron chi connectivity index (χ0n) is 13.0. The summed E-state index contributed by atoms with van der Waals surface area (Å²) in [4.78, 5) is 4.14. The van der Waals surface area contributed by atoms with Crippen molar-refractivity contribution in [3.8, 4) is 0 Å². The maximum Gasteiger partial charge on any atom is 0.393 e. The highest BCUT2D eigenvalue weighted by Gasteiger charge is 2.44. The van der Waals surface area contributed by atoms with Crippen molar-refractivity contribution in [2.45, 2.75) is 30.8 Å². The number of hydrogen-bond acceptors (Lipinski definition) is 3. The van der Waals surface area contributed by atoms with Crippen LogP contribution in [-0.2, 0) is 10.0 Å². The molecule has 0 saturated carbocycles. The van der Waals surface area contributed by atoms with E-state index in [9.17, 15) is 21.6 Å². The molecule has 0 aliphatic carbocycles. The molecule has 0 radical (unpaired) electrons. The van der Waals surface area contributed by atoms with Gasteiger partial charge in [-0.1, -0.05) is 12.1 Å². The van der Waals surface area contributed by atoms with Gasteiger partial charge in [0.05, 0.1) is 11.4 Å². The van der Waals surface area contributed by atoms with Crippen molar-refractivity contribution in [1.82, 2.24) is 9.29 Å². The first-order chi connectivity index (χ1) is 11.2. The van der Waals surface area contributed by atoms with Crippen LogP contribution in [0.4, 0.5) is 13.2 Å². The minimum Gasteiger partial charge on any atom is -0.255 e. The van der Waals surface area contributed by atoms with Crippen molar-refractivity contribution in [3.05, 3.63) is 36.0 Å². The van der Waals surface area contributed by atoms with Gasteiger partial charge in [0.2, 0.25) is 10.0 Å². The summed E-state index contributed by atoms with van der Waals surface area (Å²) >= 11 is 0. The minimum absolute atomic E-state index is 0.0391. The molecule has 3 rings (SSSR count). The van der Waals surface area contributed by atoms with Gasteiger partial charge in [0.15, 0.2) is 0 Å². The van der Waals surface area contributed by atoms with Crippen LogP contribution < -0.4 is 0 Å². The van der Waals surface area contributed by atoms with Crippen LogP contribution in [0.1, 0.15) is 18.4 Å². The van der Waals surface area contributed by atoms with E-state index in [1.54, 1.807) is 24.4 Å².